The van der Waals surface area contributed by atoms with Gasteiger partial charge in [-0.2, -0.15) is 0 Å². The van der Waals surface area contributed by atoms with Crippen LogP contribution in [0.1, 0.15) is 64.0 Å². The fourth-order valence-electron chi connectivity index (χ4n) is 4.47. The summed E-state index contributed by atoms with van der Waals surface area (Å²) in [6, 6.07) is 12.3. The van der Waals surface area contributed by atoms with Gasteiger partial charge in [-0.15, -0.1) is 0 Å². The lowest BCUT2D eigenvalue weighted by Gasteiger charge is -2.44. The van der Waals surface area contributed by atoms with Crippen LogP contribution >= 0.6 is 7.29 Å². The van der Waals surface area contributed by atoms with Crippen LogP contribution in [0.3, 0.4) is 0 Å². The first-order valence-corrected chi connectivity index (χ1v) is 12.1. The van der Waals surface area contributed by atoms with E-state index in [-0.39, 0.29) is 23.5 Å². The second-order valence-electron chi connectivity index (χ2n) is 8.22. The number of rotatable bonds is 9. The molecule has 0 amide bonds. The average Bonchev–Trinajstić information content (AvgIpc) is 2.71. The summed E-state index contributed by atoms with van der Waals surface area (Å²) in [6.07, 6.45) is 0. The van der Waals surface area contributed by atoms with E-state index in [9.17, 15) is 20.2 Å². The van der Waals surface area contributed by atoms with E-state index < -0.39 is 28.5 Å². The lowest BCUT2D eigenvalue weighted by atomic mass is 10.1. The summed E-state index contributed by atoms with van der Waals surface area (Å²) >= 11 is 0. The maximum atomic E-state index is 15.0. The zero-order valence-corrected chi connectivity index (χ0v) is 19.7. The molecule has 0 aliphatic carbocycles. The quantitative estimate of drug-likeness (QED) is 0.240. The van der Waals surface area contributed by atoms with Crippen LogP contribution < -0.4 is 0 Å². The highest BCUT2D eigenvalue weighted by Gasteiger charge is 2.47. The molecule has 0 fully saturated rings. The normalized spacial score (nSPS) is 15.6. The molecule has 0 aromatic heterocycles. The van der Waals surface area contributed by atoms with Crippen molar-refractivity contribution >= 4 is 18.7 Å². The number of nitrogens with zero attached hydrogens (tertiary/aromatic N) is 3. The average molecular weight is 447 g/mol. The van der Waals surface area contributed by atoms with E-state index in [1.165, 1.54) is 12.1 Å². The van der Waals surface area contributed by atoms with Crippen LogP contribution in [0, 0.1) is 20.2 Å². The predicted octanol–water partition coefficient (Wildman–Crippen LogP) is 6.72. The molecule has 0 N–H and O–H groups in total. The van der Waals surface area contributed by atoms with Crippen LogP contribution in [0.25, 0.3) is 0 Å². The Kier molecular flexibility index (Phi) is 7.73. The van der Waals surface area contributed by atoms with Gasteiger partial charge < -0.3 is 4.57 Å². The summed E-state index contributed by atoms with van der Waals surface area (Å²) in [5.74, 6) is 0. The smallest absolute Gasteiger partial charge is 0.273 e. The molecule has 0 aliphatic heterocycles. The highest BCUT2D eigenvalue weighted by molar-refractivity contribution is 7.62. The van der Waals surface area contributed by atoms with E-state index in [2.05, 4.69) is 0 Å². The fourth-order valence-corrected chi connectivity index (χ4v) is 8.61. The van der Waals surface area contributed by atoms with Crippen molar-refractivity contribution in [3.8, 4) is 0 Å². The Balaban J connectivity index is 2.82. The highest BCUT2D eigenvalue weighted by atomic mass is 31.2. The molecule has 0 radical (unpaired) electrons. The zero-order valence-electron chi connectivity index (χ0n) is 18.8. The van der Waals surface area contributed by atoms with Crippen LogP contribution in [-0.2, 0) is 4.57 Å². The van der Waals surface area contributed by atoms with Crippen LogP contribution in [0.4, 0.5) is 11.4 Å². The predicted molar refractivity (Wildman–Crippen MR) is 123 cm³/mol. The van der Waals surface area contributed by atoms with Gasteiger partial charge in [0.05, 0.1) is 21.2 Å². The van der Waals surface area contributed by atoms with Crippen LogP contribution in [0.15, 0.2) is 48.5 Å². The molecule has 9 heteroatoms. The third kappa shape index (κ3) is 4.70. The van der Waals surface area contributed by atoms with Gasteiger partial charge in [-0.25, -0.2) is 4.67 Å². The first-order chi connectivity index (χ1) is 14.4. The molecule has 0 spiro atoms. The largest absolute Gasteiger partial charge is 0.305 e. The van der Waals surface area contributed by atoms with Gasteiger partial charge in [0, 0.05) is 35.3 Å². The van der Waals surface area contributed by atoms with Gasteiger partial charge in [-0.3, -0.25) is 20.2 Å². The second kappa shape index (κ2) is 9.71. The summed E-state index contributed by atoms with van der Waals surface area (Å²) in [4.78, 5) is 22.4. The monoisotopic (exact) mass is 447 g/mol. The lowest BCUT2D eigenvalue weighted by molar-refractivity contribution is -0.385. The molecular formula is C22H30N3O5P. The van der Waals surface area contributed by atoms with Crippen molar-refractivity contribution < 1.29 is 14.4 Å². The SMILES string of the molecule is CC(C)N(C(C)C)P(=O)(C(C)c1ccccc1[N+](=O)[O-])C(C)c1ccccc1[N+](=O)[O-]. The minimum Gasteiger partial charge on any atom is -0.305 e. The van der Waals surface area contributed by atoms with Gasteiger partial charge in [0.15, 0.2) is 7.29 Å². The Bertz CT molecular complexity index is 933. The van der Waals surface area contributed by atoms with Crippen molar-refractivity contribution in [2.45, 2.75) is 64.9 Å². The molecule has 0 saturated carbocycles. The molecule has 0 aliphatic rings. The highest BCUT2D eigenvalue weighted by Crippen LogP contribution is 2.73. The molecule has 31 heavy (non-hydrogen) atoms. The first-order valence-electron chi connectivity index (χ1n) is 10.3. The van der Waals surface area contributed by atoms with Crippen LogP contribution in [-0.4, -0.2) is 26.6 Å². The lowest BCUT2D eigenvalue weighted by Crippen LogP contribution is -2.37. The van der Waals surface area contributed by atoms with E-state index >= 15 is 4.57 Å². The van der Waals surface area contributed by atoms with Gasteiger partial charge in [-0.05, 0) is 41.5 Å². The molecule has 2 aromatic carbocycles. The molecule has 2 aromatic rings. The third-order valence-corrected chi connectivity index (χ3v) is 10.1. The number of hydrogen-bond acceptors (Lipinski definition) is 5. The molecule has 0 saturated heterocycles. The standard InChI is InChI=1S/C22H30N3O5P/c1-15(2)23(16(3)4)31(30,17(5)19-11-7-9-13-21(19)24(26)27)18(6)20-12-8-10-14-22(20)25(28)29/h7-18H,1-6H3. The molecule has 2 unspecified atom stereocenters. The van der Waals surface area contributed by atoms with Gasteiger partial charge in [0.2, 0.25) is 0 Å². The number of nitro groups is 2. The van der Waals surface area contributed by atoms with Crippen molar-refractivity contribution in [2.75, 3.05) is 0 Å². The first kappa shape index (κ1) is 24.7. The van der Waals surface area contributed by atoms with Crippen molar-refractivity contribution in [1.82, 2.24) is 4.67 Å². The molecule has 2 rings (SSSR count). The van der Waals surface area contributed by atoms with Crippen molar-refractivity contribution in [2.24, 2.45) is 0 Å². The molecule has 0 heterocycles. The summed E-state index contributed by atoms with van der Waals surface area (Å²) in [6.45, 7) is 11.1. The molecular weight excluding hydrogens is 417 g/mol. The number of benzene rings is 2. The second-order valence-corrected chi connectivity index (χ2v) is 11.6. The maximum Gasteiger partial charge on any atom is 0.273 e. The van der Waals surface area contributed by atoms with E-state index in [4.69, 9.17) is 0 Å². The van der Waals surface area contributed by atoms with Gasteiger partial charge in [0.25, 0.3) is 11.4 Å². The van der Waals surface area contributed by atoms with E-state index in [1.54, 1.807) is 50.2 Å². The summed E-state index contributed by atoms with van der Waals surface area (Å²) < 4.78 is 16.9. The minimum absolute atomic E-state index is 0.0996. The van der Waals surface area contributed by atoms with E-state index in [1.807, 2.05) is 32.4 Å². The third-order valence-electron chi connectivity index (χ3n) is 5.70. The Morgan fingerprint density at radius 2 is 1.03 bits per heavy atom. The fraction of sp³-hybridized carbons (Fsp3) is 0.455. The summed E-state index contributed by atoms with van der Waals surface area (Å²) in [5.41, 5.74) is -0.891. The van der Waals surface area contributed by atoms with Crippen molar-refractivity contribution in [3.63, 3.8) is 0 Å². The Labute approximate surface area is 183 Å². The van der Waals surface area contributed by atoms with Gasteiger partial charge in [0.1, 0.15) is 0 Å². The van der Waals surface area contributed by atoms with Gasteiger partial charge >= 0.3 is 0 Å². The van der Waals surface area contributed by atoms with Gasteiger partial charge in [-0.1, -0.05) is 36.4 Å². The van der Waals surface area contributed by atoms with Crippen LogP contribution in [0.5, 0.6) is 0 Å². The summed E-state index contributed by atoms with van der Waals surface area (Å²) in [7, 11) is -3.48. The Morgan fingerprint density at radius 1 is 0.710 bits per heavy atom. The number of hydrogen-bond donors (Lipinski definition) is 0. The molecule has 168 valence electrons. The zero-order chi connectivity index (χ0) is 23.5. The van der Waals surface area contributed by atoms with E-state index in [0.29, 0.717) is 11.1 Å². The van der Waals surface area contributed by atoms with Crippen molar-refractivity contribution in [1.29, 1.82) is 0 Å². The topological polar surface area (TPSA) is 107 Å². The van der Waals surface area contributed by atoms with Crippen molar-refractivity contribution in [3.05, 3.63) is 79.9 Å². The maximum absolute atomic E-state index is 15.0. The minimum atomic E-state index is -3.48. The molecule has 8 nitrogen and oxygen atoms in total. The summed E-state index contributed by atoms with van der Waals surface area (Å²) in [5, 5.41) is 23.4. The molecule has 2 atom stereocenters. The Morgan fingerprint density at radius 3 is 1.32 bits per heavy atom. The Hall–Kier alpha value is -2.57. The van der Waals surface area contributed by atoms with E-state index in [0.717, 1.165) is 0 Å². The number of para-hydroxylation sites is 2. The molecule has 0 bridgehead atoms. The van der Waals surface area contributed by atoms with Crippen LogP contribution in [0.2, 0.25) is 0 Å². The number of nitro benzene ring substituents is 2.